The molecule has 1 aromatic rings. The van der Waals surface area contributed by atoms with Crippen molar-refractivity contribution in [2.45, 2.75) is 43.7 Å². The molecule has 9 heteroatoms. The second-order valence-electron chi connectivity index (χ2n) is 8.16. The van der Waals surface area contributed by atoms with Gasteiger partial charge in [-0.3, -0.25) is 30.1 Å². The molecule has 3 rings (SSSR count). The number of hydrazine groups is 1. The first-order valence-corrected chi connectivity index (χ1v) is 10.5. The first-order chi connectivity index (χ1) is 14.3. The van der Waals surface area contributed by atoms with Gasteiger partial charge in [-0.1, -0.05) is 29.8 Å². The molecule has 0 radical (unpaired) electrons. The highest BCUT2D eigenvalue weighted by Gasteiger charge is 2.54. The molecule has 30 heavy (non-hydrogen) atoms. The molecule has 3 unspecified atom stereocenters. The molecular weight excluding hydrogens is 408 g/mol. The molecule has 2 heterocycles. The number of ether oxygens (including phenoxy) is 1. The van der Waals surface area contributed by atoms with Crippen LogP contribution >= 0.6 is 11.6 Å². The number of imide groups is 1. The number of hydrogen-bond donors (Lipinski definition) is 2. The van der Waals surface area contributed by atoms with Gasteiger partial charge in [-0.05, 0) is 25.0 Å². The van der Waals surface area contributed by atoms with Crippen LogP contribution < -0.4 is 10.9 Å². The molecule has 164 valence electrons. The lowest BCUT2D eigenvalue weighted by Crippen LogP contribution is -2.46. The molecule has 3 amide bonds. The summed E-state index contributed by atoms with van der Waals surface area (Å²) in [4.78, 5) is 42.1. The number of nitrogens with one attached hydrogen (secondary N) is 2. The Labute approximate surface area is 181 Å². The summed E-state index contributed by atoms with van der Waals surface area (Å²) in [6.45, 7) is 2.96. The van der Waals surface area contributed by atoms with E-state index < -0.39 is 11.3 Å². The van der Waals surface area contributed by atoms with Crippen molar-refractivity contribution in [2.75, 3.05) is 33.9 Å². The van der Waals surface area contributed by atoms with Crippen molar-refractivity contribution in [3.05, 3.63) is 34.9 Å². The Morgan fingerprint density at radius 1 is 1.33 bits per heavy atom. The fourth-order valence-corrected chi connectivity index (χ4v) is 4.57. The van der Waals surface area contributed by atoms with Crippen molar-refractivity contribution in [2.24, 2.45) is 0 Å². The molecule has 8 nitrogen and oxygen atoms in total. The highest BCUT2D eigenvalue weighted by molar-refractivity contribution is 6.32. The Balaban J connectivity index is 1.86. The molecule has 2 aliphatic rings. The van der Waals surface area contributed by atoms with Crippen molar-refractivity contribution in [3.63, 3.8) is 0 Å². The Morgan fingerprint density at radius 3 is 2.70 bits per heavy atom. The standard InChI is InChI=1S/C21H29ClN4O4/c1-14-10-15(24-23-14)13-25(2)18(27)11-21(16-6-4-5-7-17(16)22)12-19(28)26(20(21)29)8-9-30-3/h4-7,14-15,23-24H,8-13H2,1-3H3. The van der Waals surface area contributed by atoms with Crippen molar-refractivity contribution < 1.29 is 19.1 Å². The van der Waals surface area contributed by atoms with E-state index in [1.807, 2.05) is 0 Å². The monoisotopic (exact) mass is 436 g/mol. The number of carbonyl (C=O) groups is 3. The topological polar surface area (TPSA) is 91.0 Å². The van der Waals surface area contributed by atoms with Gasteiger partial charge in [-0.25, -0.2) is 0 Å². The summed E-state index contributed by atoms with van der Waals surface area (Å²) in [6, 6.07) is 7.39. The van der Waals surface area contributed by atoms with E-state index in [0.29, 0.717) is 23.2 Å². The number of rotatable bonds is 8. The van der Waals surface area contributed by atoms with E-state index in [9.17, 15) is 14.4 Å². The highest BCUT2D eigenvalue weighted by atomic mass is 35.5. The number of likely N-dealkylation sites (N-methyl/N-ethyl adjacent to an activating group) is 1. The van der Waals surface area contributed by atoms with E-state index in [2.05, 4.69) is 17.8 Å². The van der Waals surface area contributed by atoms with Gasteiger partial charge in [-0.15, -0.1) is 0 Å². The number of methoxy groups -OCH3 is 1. The van der Waals surface area contributed by atoms with Gasteiger partial charge in [0.15, 0.2) is 0 Å². The average molecular weight is 437 g/mol. The van der Waals surface area contributed by atoms with Gasteiger partial charge in [0, 0.05) is 50.7 Å². The fourth-order valence-electron chi connectivity index (χ4n) is 4.25. The van der Waals surface area contributed by atoms with Crippen LogP contribution in [0.25, 0.3) is 0 Å². The molecule has 0 aromatic heterocycles. The van der Waals surface area contributed by atoms with Crippen LogP contribution in [0.5, 0.6) is 0 Å². The Bertz CT molecular complexity index is 820. The smallest absolute Gasteiger partial charge is 0.241 e. The Morgan fingerprint density at radius 2 is 2.07 bits per heavy atom. The lowest BCUT2D eigenvalue weighted by Gasteiger charge is -2.30. The number of halogens is 1. The van der Waals surface area contributed by atoms with Gasteiger partial charge in [0.1, 0.15) is 0 Å². The largest absolute Gasteiger partial charge is 0.383 e. The Hall–Kier alpha value is -2.00. The van der Waals surface area contributed by atoms with Crippen LogP contribution in [-0.2, 0) is 24.5 Å². The summed E-state index contributed by atoms with van der Waals surface area (Å²) in [7, 11) is 3.23. The van der Waals surface area contributed by atoms with Crippen LogP contribution in [-0.4, -0.2) is 73.5 Å². The van der Waals surface area contributed by atoms with Crippen LogP contribution in [0.1, 0.15) is 31.7 Å². The normalized spacial score (nSPS) is 26.5. The molecule has 0 aliphatic carbocycles. The summed E-state index contributed by atoms with van der Waals surface area (Å²) >= 11 is 6.43. The van der Waals surface area contributed by atoms with E-state index in [0.717, 1.165) is 6.42 Å². The van der Waals surface area contributed by atoms with E-state index in [-0.39, 0.29) is 43.8 Å². The SMILES string of the molecule is COCCN1C(=O)CC(CC(=O)N(C)CC2CC(C)NN2)(c2ccccc2Cl)C1=O. The Kier molecular flexibility index (Phi) is 7.13. The molecular formula is C21H29ClN4O4. The zero-order valence-electron chi connectivity index (χ0n) is 17.6. The van der Waals surface area contributed by atoms with E-state index >= 15 is 0 Å². The van der Waals surface area contributed by atoms with Gasteiger partial charge in [-0.2, -0.15) is 0 Å². The molecule has 2 N–H and O–H groups in total. The van der Waals surface area contributed by atoms with Gasteiger partial charge in [0.05, 0.1) is 18.6 Å². The lowest BCUT2D eigenvalue weighted by atomic mass is 9.75. The third-order valence-corrected chi connectivity index (χ3v) is 6.19. The number of nitrogens with zero attached hydrogens (tertiary/aromatic N) is 2. The van der Waals surface area contributed by atoms with Gasteiger partial charge < -0.3 is 9.64 Å². The number of carbonyl (C=O) groups excluding carboxylic acids is 3. The molecule has 1 aromatic carbocycles. The second-order valence-corrected chi connectivity index (χ2v) is 8.56. The molecule has 3 atom stereocenters. The third kappa shape index (κ3) is 4.51. The molecule has 2 aliphatic heterocycles. The second kappa shape index (κ2) is 9.43. The summed E-state index contributed by atoms with van der Waals surface area (Å²) in [6.07, 6.45) is 0.700. The zero-order chi connectivity index (χ0) is 21.9. The maximum absolute atomic E-state index is 13.4. The summed E-state index contributed by atoms with van der Waals surface area (Å²) < 4.78 is 5.04. The quantitative estimate of drug-likeness (QED) is 0.593. The van der Waals surface area contributed by atoms with Crippen LogP contribution in [0, 0.1) is 0 Å². The first kappa shape index (κ1) is 22.7. The van der Waals surface area contributed by atoms with Gasteiger partial charge in [0.25, 0.3) is 0 Å². The lowest BCUT2D eigenvalue weighted by molar-refractivity contribution is -0.143. The molecule has 2 fully saturated rings. The third-order valence-electron chi connectivity index (χ3n) is 5.86. The minimum atomic E-state index is -1.30. The number of benzene rings is 1. The van der Waals surface area contributed by atoms with Crippen molar-refractivity contribution >= 4 is 29.3 Å². The number of amides is 3. The van der Waals surface area contributed by atoms with Crippen LogP contribution in [0.2, 0.25) is 5.02 Å². The minimum absolute atomic E-state index is 0.0842. The van der Waals surface area contributed by atoms with Crippen LogP contribution in [0.3, 0.4) is 0 Å². The molecule has 0 saturated carbocycles. The maximum atomic E-state index is 13.4. The van der Waals surface area contributed by atoms with Crippen LogP contribution in [0.4, 0.5) is 0 Å². The summed E-state index contributed by atoms with van der Waals surface area (Å²) in [5, 5.41) is 0.373. The van der Waals surface area contributed by atoms with E-state index in [4.69, 9.17) is 16.3 Å². The molecule has 0 bridgehead atoms. The van der Waals surface area contributed by atoms with Gasteiger partial charge >= 0.3 is 0 Å². The van der Waals surface area contributed by atoms with Crippen LogP contribution in [0.15, 0.2) is 24.3 Å². The fraction of sp³-hybridized carbons (Fsp3) is 0.571. The number of likely N-dealkylation sites (tertiary alicyclic amines) is 1. The first-order valence-electron chi connectivity index (χ1n) is 10.1. The highest BCUT2D eigenvalue weighted by Crippen LogP contribution is 2.43. The summed E-state index contributed by atoms with van der Waals surface area (Å²) in [5.74, 6) is -0.914. The number of hydrogen-bond acceptors (Lipinski definition) is 6. The maximum Gasteiger partial charge on any atom is 0.241 e. The average Bonchev–Trinajstić information content (AvgIpc) is 3.21. The predicted molar refractivity (Wildman–Crippen MR) is 113 cm³/mol. The van der Waals surface area contributed by atoms with Crippen molar-refractivity contribution in [1.82, 2.24) is 20.7 Å². The molecule has 0 spiro atoms. The van der Waals surface area contributed by atoms with E-state index in [1.165, 1.54) is 12.0 Å². The van der Waals surface area contributed by atoms with Crippen molar-refractivity contribution in [3.8, 4) is 0 Å². The summed E-state index contributed by atoms with van der Waals surface area (Å²) in [5.41, 5.74) is 5.53. The molecule has 2 saturated heterocycles. The van der Waals surface area contributed by atoms with Gasteiger partial charge in [0.2, 0.25) is 17.7 Å². The van der Waals surface area contributed by atoms with E-state index in [1.54, 1.807) is 36.2 Å². The predicted octanol–water partition coefficient (Wildman–Crippen LogP) is 1.09. The minimum Gasteiger partial charge on any atom is -0.383 e. The van der Waals surface area contributed by atoms with Crippen molar-refractivity contribution in [1.29, 1.82) is 0 Å². The zero-order valence-corrected chi connectivity index (χ0v) is 18.4.